The minimum absolute atomic E-state index is 0.0394. The maximum Gasteiger partial charge on any atom is 0.154 e. The number of sulfone groups is 1. The number of nitrogens with one attached hydrogen (secondary N) is 1. The maximum absolute atomic E-state index is 11.7. The fourth-order valence-electron chi connectivity index (χ4n) is 2.68. The molecule has 1 saturated heterocycles. The average Bonchev–Trinajstić information content (AvgIpc) is 2.90. The summed E-state index contributed by atoms with van der Waals surface area (Å²) >= 11 is 0. The number of hydrogen-bond acceptors (Lipinski definition) is 5. The molecule has 3 rings (SSSR count). The second kappa shape index (κ2) is 4.82. The Morgan fingerprint density at radius 2 is 2.25 bits per heavy atom. The molecule has 7 heteroatoms. The molecule has 0 aliphatic carbocycles. The Kier molecular flexibility index (Phi) is 3.25. The van der Waals surface area contributed by atoms with Gasteiger partial charge in [0.25, 0.3) is 0 Å². The van der Waals surface area contributed by atoms with E-state index in [1.54, 1.807) is 11.6 Å². The minimum Gasteiger partial charge on any atom is -0.309 e. The van der Waals surface area contributed by atoms with Crippen LogP contribution in [0.1, 0.15) is 18.9 Å². The lowest BCUT2D eigenvalue weighted by molar-refractivity contribution is 0.505. The zero-order valence-corrected chi connectivity index (χ0v) is 12.4. The summed E-state index contributed by atoms with van der Waals surface area (Å²) in [5.41, 5.74) is 2.94. The average molecular weight is 294 g/mol. The highest BCUT2D eigenvalue weighted by atomic mass is 32.2. The highest BCUT2D eigenvalue weighted by molar-refractivity contribution is 7.92. The van der Waals surface area contributed by atoms with Crippen LogP contribution in [0.15, 0.2) is 18.2 Å². The van der Waals surface area contributed by atoms with E-state index in [4.69, 9.17) is 0 Å². The van der Waals surface area contributed by atoms with Crippen LogP contribution in [0.5, 0.6) is 0 Å². The van der Waals surface area contributed by atoms with Gasteiger partial charge in [0.1, 0.15) is 5.52 Å². The minimum atomic E-state index is -2.90. The van der Waals surface area contributed by atoms with Crippen LogP contribution in [0.2, 0.25) is 0 Å². The molecule has 20 heavy (non-hydrogen) atoms. The van der Waals surface area contributed by atoms with E-state index in [9.17, 15) is 8.42 Å². The Labute approximate surface area is 118 Å². The summed E-state index contributed by atoms with van der Waals surface area (Å²) in [6, 6.07) is 6.04. The van der Waals surface area contributed by atoms with Gasteiger partial charge in [-0.3, -0.25) is 0 Å². The van der Waals surface area contributed by atoms with Crippen LogP contribution >= 0.6 is 0 Å². The van der Waals surface area contributed by atoms with E-state index >= 15 is 0 Å². The van der Waals surface area contributed by atoms with Crippen molar-refractivity contribution in [1.82, 2.24) is 20.3 Å². The third-order valence-electron chi connectivity index (χ3n) is 4.09. The van der Waals surface area contributed by atoms with Crippen LogP contribution in [0.25, 0.3) is 11.0 Å². The van der Waals surface area contributed by atoms with E-state index in [1.165, 1.54) is 0 Å². The molecule has 1 fully saturated rings. The topological polar surface area (TPSA) is 76.9 Å². The van der Waals surface area contributed by atoms with Crippen LogP contribution in [-0.2, 0) is 23.4 Å². The van der Waals surface area contributed by atoms with Gasteiger partial charge in [-0.25, -0.2) is 13.1 Å². The first-order chi connectivity index (χ1) is 9.47. The van der Waals surface area contributed by atoms with E-state index < -0.39 is 9.84 Å². The summed E-state index contributed by atoms with van der Waals surface area (Å²) in [5, 5.41) is 11.1. The van der Waals surface area contributed by atoms with E-state index in [-0.39, 0.29) is 17.0 Å². The second-order valence-corrected chi connectivity index (χ2v) is 7.86. The first-order valence-corrected chi connectivity index (χ1v) is 8.42. The van der Waals surface area contributed by atoms with E-state index in [2.05, 4.69) is 15.6 Å². The molecule has 108 valence electrons. The van der Waals surface area contributed by atoms with Crippen molar-refractivity contribution in [1.29, 1.82) is 0 Å². The molecular formula is C13H18N4O2S. The number of rotatable bonds is 3. The summed E-state index contributed by atoms with van der Waals surface area (Å²) in [4.78, 5) is 0. The zero-order chi connectivity index (χ0) is 14.3. The van der Waals surface area contributed by atoms with Crippen LogP contribution < -0.4 is 5.32 Å². The summed E-state index contributed by atoms with van der Waals surface area (Å²) < 4.78 is 25.1. The van der Waals surface area contributed by atoms with Crippen LogP contribution in [0.3, 0.4) is 0 Å². The molecule has 1 aliphatic heterocycles. The van der Waals surface area contributed by atoms with Gasteiger partial charge in [0, 0.05) is 19.6 Å². The Morgan fingerprint density at radius 3 is 2.95 bits per heavy atom. The largest absolute Gasteiger partial charge is 0.309 e. The molecule has 2 heterocycles. The number of nitrogens with zero attached hydrogens (tertiary/aromatic N) is 3. The van der Waals surface area contributed by atoms with Crippen molar-refractivity contribution < 1.29 is 8.42 Å². The molecule has 2 atom stereocenters. The first-order valence-electron chi connectivity index (χ1n) is 6.70. The number of benzene rings is 1. The summed E-state index contributed by atoms with van der Waals surface area (Å²) in [5.74, 6) is 0.287. The smallest absolute Gasteiger partial charge is 0.154 e. The number of aryl methyl sites for hydroxylation is 1. The normalized spacial score (nSPS) is 25.3. The molecule has 1 aromatic heterocycles. The molecule has 0 radical (unpaired) electrons. The lowest BCUT2D eigenvalue weighted by atomic mass is 10.1. The lowest BCUT2D eigenvalue weighted by Crippen LogP contribution is -2.35. The van der Waals surface area contributed by atoms with Crippen molar-refractivity contribution in [3.05, 3.63) is 23.8 Å². The number of fused-ring (bicyclic) bond motifs is 1. The van der Waals surface area contributed by atoms with Crippen LogP contribution in [-0.4, -0.2) is 40.5 Å². The Morgan fingerprint density at radius 1 is 1.45 bits per heavy atom. The summed E-state index contributed by atoms with van der Waals surface area (Å²) in [6.45, 7) is 2.43. The number of aromatic nitrogens is 3. The van der Waals surface area contributed by atoms with Crippen molar-refractivity contribution in [3.63, 3.8) is 0 Å². The molecule has 6 nitrogen and oxygen atoms in total. The van der Waals surface area contributed by atoms with Gasteiger partial charge in [-0.05, 0) is 31.0 Å². The van der Waals surface area contributed by atoms with Gasteiger partial charge in [-0.1, -0.05) is 11.3 Å². The fourth-order valence-corrected chi connectivity index (χ4v) is 4.36. The van der Waals surface area contributed by atoms with Gasteiger partial charge < -0.3 is 5.32 Å². The van der Waals surface area contributed by atoms with Gasteiger partial charge >= 0.3 is 0 Å². The van der Waals surface area contributed by atoms with Gasteiger partial charge in [0.05, 0.1) is 16.5 Å². The monoisotopic (exact) mass is 294 g/mol. The number of hydrogen-bond donors (Lipinski definition) is 1. The van der Waals surface area contributed by atoms with Gasteiger partial charge in [0.15, 0.2) is 9.84 Å². The van der Waals surface area contributed by atoms with E-state index in [1.807, 2.05) is 25.2 Å². The predicted octanol–water partition coefficient (Wildman–Crippen LogP) is 0.633. The Bertz CT molecular complexity index is 738. The Hall–Kier alpha value is -1.47. The van der Waals surface area contributed by atoms with Crippen molar-refractivity contribution in [2.45, 2.75) is 31.2 Å². The van der Waals surface area contributed by atoms with Gasteiger partial charge in [-0.2, -0.15) is 0 Å². The third-order valence-corrected chi connectivity index (χ3v) is 6.36. The zero-order valence-electron chi connectivity index (χ0n) is 11.6. The Balaban J connectivity index is 1.71. The SMILES string of the molecule is C[C@H]1[C@@H](NCc2ccc3c(c2)nnn3C)CCS1(=O)=O. The highest BCUT2D eigenvalue weighted by Gasteiger charge is 2.36. The third kappa shape index (κ3) is 2.31. The van der Waals surface area contributed by atoms with Gasteiger partial charge in [0.2, 0.25) is 0 Å². The van der Waals surface area contributed by atoms with Crippen molar-refractivity contribution in [2.24, 2.45) is 7.05 Å². The van der Waals surface area contributed by atoms with Crippen molar-refractivity contribution >= 4 is 20.9 Å². The van der Waals surface area contributed by atoms with Crippen LogP contribution in [0.4, 0.5) is 0 Å². The quantitative estimate of drug-likeness (QED) is 0.898. The molecular weight excluding hydrogens is 276 g/mol. The van der Waals surface area contributed by atoms with Crippen molar-refractivity contribution in [3.8, 4) is 0 Å². The molecule has 1 N–H and O–H groups in total. The molecule has 0 bridgehead atoms. The second-order valence-electron chi connectivity index (χ2n) is 5.38. The molecule has 0 spiro atoms. The lowest BCUT2D eigenvalue weighted by Gasteiger charge is -2.16. The van der Waals surface area contributed by atoms with Crippen molar-refractivity contribution in [2.75, 3.05) is 5.75 Å². The first kappa shape index (κ1) is 13.5. The van der Waals surface area contributed by atoms with E-state index in [0.717, 1.165) is 16.6 Å². The fraction of sp³-hybridized carbons (Fsp3) is 0.538. The maximum atomic E-state index is 11.7. The summed E-state index contributed by atoms with van der Waals surface area (Å²) in [7, 11) is -1.04. The summed E-state index contributed by atoms with van der Waals surface area (Å²) in [6.07, 6.45) is 0.691. The van der Waals surface area contributed by atoms with Gasteiger partial charge in [-0.15, -0.1) is 5.10 Å². The van der Waals surface area contributed by atoms with E-state index in [0.29, 0.717) is 13.0 Å². The molecule has 0 saturated carbocycles. The molecule has 0 amide bonds. The molecule has 2 aromatic rings. The van der Waals surface area contributed by atoms with Crippen LogP contribution in [0, 0.1) is 0 Å². The standard InChI is InChI=1S/C13H18N4O2S/c1-9-11(5-6-20(9,18)19)14-8-10-3-4-13-12(7-10)15-16-17(13)2/h3-4,7,9,11,14H,5-6,8H2,1-2H3/t9-,11-/m0/s1. The molecule has 1 aliphatic rings. The molecule has 0 unspecified atom stereocenters. The molecule has 1 aromatic carbocycles. The predicted molar refractivity (Wildman–Crippen MR) is 77.0 cm³/mol. The highest BCUT2D eigenvalue weighted by Crippen LogP contribution is 2.21.